The van der Waals surface area contributed by atoms with Crippen molar-refractivity contribution in [3.05, 3.63) is 114 Å². The Labute approximate surface area is 243 Å². The van der Waals surface area contributed by atoms with Crippen molar-refractivity contribution in [3.63, 3.8) is 0 Å². The molecule has 5 aromatic rings. The fourth-order valence-electron chi connectivity index (χ4n) is 4.40. The number of fused-ring (bicyclic) bond motifs is 1. The van der Waals surface area contributed by atoms with Gasteiger partial charge in [-0.25, -0.2) is 13.4 Å². The van der Waals surface area contributed by atoms with Gasteiger partial charge in [0.15, 0.2) is 5.13 Å². The molecule has 3 aromatic carbocycles. The predicted molar refractivity (Wildman–Crippen MR) is 162 cm³/mol. The van der Waals surface area contributed by atoms with Gasteiger partial charge in [0.2, 0.25) is 10.0 Å². The van der Waals surface area contributed by atoms with Crippen LogP contribution in [-0.2, 0) is 23.1 Å². The molecule has 41 heavy (non-hydrogen) atoms. The van der Waals surface area contributed by atoms with Crippen molar-refractivity contribution in [2.45, 2.75) is 37.9 Å². The van der Waals surface area contributed by atoms with E-state index in [1.54, 1.807) is 36.5 Å². The van der Waals surface area contributed by atoms with E-state index in [2.05, 4.69) is 4.98 Å². The van der Waals surface area contributed by atoms with E-state index in [1.165, 1.54) is 27.8 Å². The third-order valence-corrected chi connectivity index (χ3v) is 9.67. The molecule has 0 spiro atoms. The van der Waals surface area contributed by atoms with Crippen molar-refractivity contribution in [2.75, 3.05) is 12.0 Å². The Morgan fingerprint density at radius 1 is 0.927 bits per heavy atom. The molecule has 0 saturated carbocycles. The highest BCUT2D eigenvalue weighted by molar-refractivity contribution is 7.89. The molecule has 0 bridgehead atoms. The monoisotopic (exact) mass is 586 g/mol. The van der Waals surface area contributed by atoms with E-state index in [4.69, 9.17) is 9.72 Å². The Morgan fingerprint density at radius 2 is 1.66 bits per heavy atom. The zero-order valence-electron chi connectivity index (χ0n) is 23.0. The summed E-state index contributed by atoms with van der Waals surface area (Å²) < 4.78 is 34.9. The maximum atomic E-state index is 13.9. The van der Waals surface area contributed by atoms with Crippen LogP contribution in [0.25, 0.3) is 10.2 Å². The van der Waals surface area contributed by atoms with Gasteiger partial charge in [-0.2, -0.15) is 4.31 Å². The first-order chi connectivity index (χ1) is 19.8. The summed E-state index contributed by atoms with van der Waals surface area (Å²) in [5.74, 6) is 0.408. The van der Waals surface area contributed by atoms with Crippen LogP contribution in [0.5, 0.6) is 5.75 Å². The number of benzene rings is 3. The van der Waals surface area contributed by atoms with Crippen LogP contribution in [0.1, 0.15) is 35.3 Å². The average Bonchev–Trinajstić information content (AvgIpc) is 3.42. The van der Waals surface area contributed by atoms with Gasteiger partial charge in [-0.3, -0.25) is 14.7 Å². The highest BCUT2D eigenvalue weighted by atomic mass is 32.2. The van der Waals surface area contributed by atoms with Crippen LogP contribution in [0.2, 0.25) is 0 Å². The molecule has 0 radical (unpaired) electrons. The first kappa shape index (κ1) is 28.4. The number of ether oxygens (including phenoxy) is 1. The average molecular weight is 587 g/mol. The van der Waals surface area contributed by atoms with Gasteiger partial charge in [-0.05, 0) is 73.5 Å². The number of methoxy groups -OCH3 is 1. The van der Waals surface area contributed by atoms with E-state index < -0.39 is 10.0 Å². The highest BCUT2D eigenvalue weighted by Gasteiger charge is 2.28. The van der Waals surface area contributed by atoms with Gasteiger partial charge in [0, 0.05) is 30.5 Å². The summed E-state index contributed by atoms with van der Waals surface area (Å²) in [6, 6.07) is 24.6. The van der Waals surface area contributed by atoms with E-state index in [0.29, 0.717) is 16.4 Å². The number of thiazole rings is 1. The number of aromatic nitrogens is 2. The Hall–Kier alpha value is -4.12. The molecule has 0 N–H and O–H groups in total. The van der Waals surface area contributed by atoms with Gasteiger partial charge >= 0.3 is 0 Å². The minimum absolute atomic E-state index is 0.129. The number of carbonyl (C=O) groups excluding carboxylic acids is 1. The highest BCUT2D eigenvalue weighted by Crippen LogP contribution is 2.33. The summed E-state index contributed by atoms with van der Waals surface area (Å²) in [4.78, 5) is 24.5. The largest absolute Gasteiger partial charge is 0.497 e. The molecular formula is C31H30N4O4S2. The molecule has 0 unspecified atom stereocenters. The quantitative estimate of drug-likeness (QED) is 0.195. The van der Waals surface area contributed by atoms with Crippen LogP contribution in [0.15, 0.2) is 102 Å². The van der Waals surface area contributed by atoms with Crippen molar-refractivity contribution in [3.8, 4) is 5.75 Å². The summed E-state index contributed by atoms with van der Waals surface area (Å²) in [7, 11) is -2.20. The van der Waals surface area contributed by atoms with Crippen LogP contribution in [0, 0.1) is 0 Å². The molecule has 5 rings (SSSR count). The van der Waals surface area contributed by atoms with Crippen LogP contribution < -0.4 is 9.64 Å². The minimum atomic E-state index is -3.81. The molecule has 0 aliphatic heterocycles. The molecule has 10 heteroatoms. The summed E-state index contributed by atoms with van der Waals surface area (Å²) >= 11 is 1.38. The number of pyridine rings is 1. The maximum absolute atomic E-state index is 13.9. The standard InChI is InChI=1S/C31H30N4O4S2/c1-22(2)35(21-23-8-5-4-6-9-23)41(37,38)27-14-11-25(12-15-27)30(36)34(20-24-10-7-17-32-19-24)31-33-28-16-13-26(39-3)18-29(28)40-31/h4-19,22H,20-21H2,1-3H3. The van der Waals surface area contributed by atoms with Crippen molar-refractivity contribution >= 4 is 42.6 Å². The fourth-order valence-corrected chi connectivity index (χ4v) is 7.02. The van der Waals surface area contributed by atoms with E-state index in [-0.39, 0.29) is 29.9 Å². The lowest BCUT2D eigenvalue weighted by Crippen LogP contribution is -2.36. The molecule has 210 valence electrons. The Balaban J connectivity index is 1.46. The third-order valence-electron chi connectivity index (χ3n) is 6.59. The smallest absolute Gasteiger partial charge is 0.260 e. The maximum Gasteiger partial charge on any atom is 0.260 e. The minimum Gasteiger partial charge on any atom is -0.497 e. The molecule has 0 aliphatic rings. The van der Waals surface area contributed by atoms with E-state index in [1.807, 2.05) is 74.5 Å². The van der Waals surface area contributed by atoms with Crippen molar-refractivity contribution in [2.24, 2.45) is 0 Å². The number of anilines is 1. The SMILES string of the molecule is COc1ccc2nc(N(Cc3cccnc3)C(=O)c3ccc(S(=O)(=O)N(Cc4ccccc4)C(C)C)cc3)sc2c1. The molecule has 0 fully saturated rings. The van der Waals surface area contributed by atoms with E-state index in [9.17, 15) is 13.2 Å². The van der Waals surface area contributed by atoms with Crippen LogP contribution in [-0.4, -0.2) is 41.7 Å². The van der Waals surface area contributed by atoms with Gasteiger partial charge < -0.3 is 4.74 Å². The van der Waals surface area contributed by atoms with E-state index in [0.717, 1.165) is 21.3 Å². The number of nitrogens with zero attached hydrogens (tertiary/aromatic N) is 4. The van der Waals surface area contributed by atoms with Crippen molar-refractivity contribution in [1.29, 1.82) is 0 Å². The van der Waals surface area contributed by atoms with Gasteiger partial charge in [0.25, 0.3) is 5.91 Å². The Bertz CT molecular complexity index is 1740. The lowest BCUT2D eigenvalue weighted by Gasteiger charge is -2.26. The topological polar surface area (TPSA) is 92.7 Å². The molecular weight excluding hydrogens is 556 g/mol. The van der Waals surface area contributed by atoms with Crippen molar-refractivity contribution < 1.29 is 17.9 Å². The van der Waals surface area contributed by atoms with Crippen molar-refractivity contribution in [1.82, 2.24) is 14.3 Å². The summed E-state index contributed by atoms with van der Waals surface area (Å²) in [5.41, 5.74) is 2.84. The second-order valence-electron chi connectivity index (χ2n) is 9.74. The molecule has 8 nitrogen and oxygen atoms in total. The summed E-state index contributed by atoms with van der Waals surface area (Å²) in [5, 5.41) is 0.521. The Kier molecular flexibility index (Phi) is 8.44. The molecule has 0 saturated heterocycles. The second-order valence-corrected chi connectivity index (χ2v) is 12.6. The van der Waals surface area contributed by atoms with Gasteiger partial charge in [-0.1, -0.05) is 47.7 Å². The first-order valence-corrected chi connectivity index (χ1v) is 15.3. The molecule has 2 aromatic heterocycles. The van der Waals surface area contributed by atoms with Gasteiger partial charge in [0.05, 0.1) is 28.8 Å². The summed E-state index contributed by atoms with van der Waals surface area (Å²) in [6.07, 6.45) is 3.39. The lowest BCUT2D eigenvalue weighted by atomic mass is 10.2. The Morgan fingerprint density at radius 3 is 2.32 bits per heavy atom. The second kappa shape index (κ2) is 12.2. The number of carbonyl (C=O) groups is 1. The summed E-state index contributed by atoms with van der Waals surface area (Å²) in [6.45, 7) is 4.20. The molecule has 0 atom stereocenters. The van der Waals surface area contributed by atoms with E-state index >= 15 is 0 Å². The van der Waals surface area contributed by atoms with Gasteiger partial charge in [-0.15, -0.1) is 0 Å². The zero-order valence-corrected chi connectivity index (χ0v) is 24.6. The first-order valence-electron chi connectivity index (χ1n) is 13.1. The van der Waals surface area contributed by atoms with Crippen LogP contribution in [0.4, 0.5) is 5.13 Å². The van der Waals surface area contributed by atoms with Crippen LogP contribution >= 0.6 is 11.3 Å². The number of hydrogen-bond donors (Lipinski definition) is 0. The number of rotatable bonds is 10. The van der Waals surface area contributed by atoms with Gasteiger partial charge in [0.1, 0.15) is 5.75 Å². The van der Waals surface area contributed by atoms with Crippen LogP contribution in [0.3, 0.4) is 0 Å². The number of amides is 1. The molecule has 2 heterocycles. The number of sulfonamides is 1. The predicted octanol–water partition coefficient (Wildman–Crippen LogP) is 6.15. The third kappa shape index (κ3) is 6.30. The number of hydrogen-bond acceptors (Lipinski definition) is 7. The fraction of sp³-hybridized carbons (Fsp3) is 0.194. The lowest BCUT2D eigenvalue weighted by molar-refractivity contribution is 0.0985. The normalized spacial score (nSPS) is 11.7. The zero-order chi connectivity index (χ0) is 29.0. The molecule has 0 aliphatic carbocycles. The molecule has 1 amide bonds.